The van der Waals surface area contributed by atoms with Crippen LogP contribution in [0.1, 0.15) is 69.1 Å². The summed E-state index contributed by atoms with van der Waals surface area (Å²) in [5.41, 5.74) is 1.22. The first-order valence-electron chi connectivity index (χ1n) is 9.80. The first-order valence-corrected chi connectivity index (χ1v) is 9.80. The second-order valence-corrected chi connectivity index (χ2v) is 7.87. The van der Waals surface area contributed by atoms with Gasteiger partial charge < -0.3 is 5.32 Å². The van der Waals surface area contributed by atoms with Gasteiger partial charge in [-0.05, 0) is 56.7 Å². The van der Waals surface area contributed by atoms with Crippen molar-refractivity contribution < 1.29 is 4.79 Å². The number of carbonyl (C=O) groups excluding carboxylic acids is 1. The lowest BCUT2D eigenvalue weighted by Gasteiger charge is -2.15. The van der Waals surface area contributed by atoms with E-state index in [0.29, 0.717) is 22.4 Å². The standard InChI is InChI=1S/C21H29N3O2/c1-14(2)8-9-15(3)22-20(25)16-10-11-17-18(13-16)23-19-7-5-4-6-12-24(19)21(17)26/h10-11,13-15H,4-9,12H2,1-3H3,(H,22,25)/t15-/m0/s1. The van der Waals surface area contributed by atoms with Gasteiger partial charge in [0.05, 0.1) is 10.9 Å². The number of carbonyl (C=O) groups is 1. The second-order valence-electron chi connectivity index (χ2n) is 7.87. The quantitative estimate of drug-likeness (QED) is 0.890. The van der Waals surface area contributed by atoms with E-state index in [1.165, 1.54) is 0 Å². The van der Waals surface area contributed by atoms with Crippen LogP contribution in [0.15, 0.2) is 23.0 Å². The third-order valence-corrected chi connectivity index (χ3v) is 5.13. The molecule has 1 aromatic carbocycles. The summed E-state index contributed by atoms with van der Waals surface area (Å²) in [6.45, 7) is 7.15. The van der Waals surface area contributed by atoms with E-state index in [2.05, 4.69) is 19.2 Å². The first-order chi connectivity index (χ1) is 12.5. The average molecular weight is 355 g/mol. The number of hydrogen-bond donors (Lipinski definition) is 1. The summed E-state index contributed by atoms with van der Waals surface area (Å²) in [6, 6.07) is 5.37. The average Bonchev–Trinajstić information content (AvgIpc) is 2.85. The molecule has 1 aliphatic heterocycles. The minimum atomic E-state index is -0.0972. The zero-order chi connectivity index (χ0) is 18.7. The molecule has 26 heavy (non-hydrogen) atoms. The monoisotopic (exact) mass is 355 g/mol. The molecular weight excluding hydrogens is 326 g/mol. The van der Waals surface area contributed by atoms with E-state index in [1.54, 1.807) is 18.2 Å². The molecule has 5 heteroatoms. The summed E-state index contributed by atoms with van der Waals surface area (Å²) in [4.78, 5) is 30.0. The largest absolute Gasteiger partial charge is 0.350 e. The Morgan fingerprint density at radius 3 is 2.77 bits per heavy atom. The predicted octanol–water partition coefficient (Wildman–Crippen LogP) is 3.68. The van der Waals surface area contributed by atoms with Crippen LogP contribution in [0, 0.1) is 5.92 Å². The zero-order valence-electron chi connectivity index (χ0n) is 16.0. The molecule has 0 aliphatic carbocycles. The number of benzene rings is 1. The summed E-state index contributed by atoms with van der Waals surface area (Å²) >= 11 is 0. The molecule has 2 aromatic rings. The number of fused-ring (bicyclic) bond motifs is 2. The Bertz CT molecular complexity index is 854. The second kappa shape index (κ2) is 8.02. The van der Waals surface area contributed by atoms with Crippen molar-refractivity contribution in [1.29, 1.82) is 0 Å². The van der Waals surface area contributed by atoms with Crippen molar-refractivity contribution in [2.75, 3.05) is 0 Å². The maximum absolute atomic E-state index is 12.8. The number of amides is 1. The van der Waals surface area contributed by atoms with Gasteiger partial charge >= 0.3 is 0 Å². The van der Waals surface area contributed by atoms with Crippen LogP contribution < -0.4 is 10.9 Å². The van der Waals surface area contributed by atoms with Crippen molar-refractivity contribution in [3.05, 3.63) is 39.9 Å². The van der Waals surface area contributed by atoms with Crippen molar-refractivity contribution in [3.8, 4) is 0 Å². The summed E-state index contributed by atoms with van der Waals surface area (Å²) in [6.07, 6.45) is 6.09. The van der Waals surface area contributed by atoms with Gasteiger partial charge in [-0.3, -0.25) is 14.2 Å². The number of aryl methyl sites for hydroxylation is 1. The fraction of sp³-hybridized carbons (Fsp3) is 0.571. The molecule has 0 saturated heterocycles. The highest BCUT2D eigenvalue weighted by molar-refractivity contribution is 5.97. The molecule has 0 bridgehead atoms. The molecule has 3 rings (SSSR count). The molecule has 0 spiro atoms. The Balaban J connectivity index is 1.85. The van der Waals surface area contributed by atoms with Crippen molar-refractivity contribution in [2.45, 2.75) is 71.9 Å². The first kappa shape index (κ1) is 18.6. The van der Waals surface area contributed by atoms with E-state index < -0.39 is 0 Å². The van der Waals surface area contributed by atoms with Gasteiger partial charge in [-0.15, -0.1) is 0 Å². The molecule has 0 saturated carbocycles. The lowest BCUT2D eigenvalue weighted by Crippen LogP contribution is -2.32. The fourth-order valence-corrected chi connectivity index (χ4v) is 3.52. The van der Waals surface area contributed by atoms with Crippen molar-refractivity contribution in [2.24, 2.45) is 5.92 Å². The highest BCUT2D eigenvalue weighted by atomic mass is 16.1. The number of nitrogens with zero attached hydrogens (tertiary/aromatic N) is 2. The molecule has 1 N–H and O–H groups in total. The van der Waals surface area contributed by atoms with Gasteiger partial charge in [-0.2, -0.15) is 0 Å². The van der Waals surface area contributed by atoms with Gasteiger partial charge in [0.1, 0.15) is 5.82 Å². The van der Waals surface area contributed by atoms with Crippen LogP contribution in [-0.2, 0) is 13.0 Å². The lowest BCUT2D eigenvalue weighted by atomic mass is 10.0. The Kier molecular flexibility index (Phi) is 5.74. The lowest BCUT2D eigenvalue weighted by molar-refractivity contribution is 0.0937. The van der Waals surface area contributed by atoms with Gasteiger partial charge in [0.2, 0.25) is 0 Å². The van der Waals surface area contributed by atoms with Crippen LogP contribution in [0.5, 0.6) is 0 Å². The van der Waals surface area contributed by atoms with Gasteiger partial charge in [0.25, 0.3) is 11.5 Å². The van der Waals surface area contributed by atoms with Crippen molar-refractivity contribution >= 4 is 16.8 Å². The normalized spacial score (nSPS) is 15.5. The number of rotatable bonds is 5. The van der Waals surface area contributed by atoms with Crippen LogP contribution in [-0.4, -0.2) is 21.5 Å². The van der Waals surface area contributed by atoms with E-state index in [-0.39, 0.29) is 17.5 Å². The van der Waals surface area contributed by atoms with Gasteiger partial charge in [-0.1, -0.05) is 20.3 Å². The smallest absolute Gasteiger partial charge is 0.261 e. The minimum Gasteiger partial charge on any atom is -0.350 e. The van der Waals surface area contributed by atoms with E-state index in [0.717, 1.165) is 50.9 Å². The van der Waals surface area contributed by atoms with Crippen LogP contribution in [0.4, 0.5) is 0 Å². The van der Waals surface area contributed by atoms with Gasteiger partial charge in [0, 0.05) is 24.6 Å². The number of nitrogens with one attached hydrogen (secondary N) is 1. The van der Waals surface area contributed by atoms with Crippen molar-refractivity contribution in [1.82, 2.24) is 14.9 Å². The topological polar surface area (TPSA) is 64.0 Å². The minimum absolute atomic E-state index is 0.0177. The van der Waals surface area contributed by atoms with Crippen LogP contribution in [0.25, 0.3) is 10.9 Å². The fourth-order valence-electron chi connectivity index (χ4n) is 3.52. The van der Waals surface area contributed by atoms with Gasteiger partial charge in [0.15, 0.2) is 0 Å². The highest BCUT2D eigenvalue weighted by Crippen LogP contribution is 2.16. The van der Waals surface area contributed by atoms with Crippen LogP contribution in [0.3, 0.4) is 0 Å². The molecular formula is C21H29N3O2. The molecule has 1 aliphatic rings. The molecule has 2 heterocycles. The van der Waals surface area contributed by atoms with E-state index in [9.17, 15) is 9.59 Å². The third-order valence-electron chi connectivity index (χ3n) is 5.13. The van der Waals surface area contributed by atoms with E-state index >= 15 is 0 Å². The molecule has 0 unspecified atom stereocenters. The summed E-state index contributed by atoms with van der Waals surface area (Å²) in [5, 5.41) is 3.65. The van der Waals surface area contributed by atoms with Gasteiger partial charge in [-0.25, -0.2) is 4.98 Å². The molecule has 140 valence electrons. The van der Waals surface area contributed by atoms with Crippen LogP contribution in [0.2, 0.25) is 0 Å². The molecule has 0 radical (unpaired) electrons. The Morgan fingerprint density at radius 1 is 1.19 bits per heavy atom. The van der Waals surface area contributed by atoms with E-state index in [1.807, 2.05) is 11.5 Å². The Hall–Kier alpha value is -2.17. The Morgan fingerprint density at radius 2 is 2.00 bits per heavy atom. The molecule has 1 aromatic heterocycles. The predicted molar refractivity (Wildman–Crippen MR) is 105 cm³/mol. The van der Waals surface area contributed by atoms with Crippen molar-refractivity contribution in [3.63, 3.8) is 0 Å². The number of hydrogen-bond acceptors (Lipinski definition) is 3. The maximum Gasteiger partial charge on any atom is 0.261 e. The Labute approximate surface area is 154 Å². The SMILES string of the molecule is CC(C)CC[C@H](C)NC(=O)c1ccc2c(=O)n3c(nc2c1)CCCCC3. The molecule has 0 fully saturated rings. The zero-order valence-corrected chi connectivity index (χ0v) is 16.0. The molecule has 1 atom stereocenters. The summed E-state index contributed by atoms with van der Waals surface area (Å²) in [7, 11) is 0. The highest BCUT2D eigenvalue weighted by Gasteiger charge is 2.16. The number of aromatic nitrogens is 2. The maximum atomic E-state index is 12.8. The third kappa shape index (κ3) is 4.14. The summed E-state index contributed by atoms with van der Waals surface area (Å²) < 4.78 is 1.81. The molecule has 5 nitrogen and oxygen atoms in total. The molecule has 1 amide bonds. The van der Waals surface area contributed by atoms with E-state index in [4.69, 9.17) is 4.98 Å². The van der Waals surface area contributed by atoms with Crippen LogP contribution >= 0.6 is 0 Å². The summed E-state index contributed by atoms with van der Waals surface area (Å²) in [5.74, 6) is 1.38.